The molecule has 1 aliphatic carbocycles. The zero-order chi connectivity index (χ0) is 9.97. The molecule has 0 aliphatic heterocycles. The van der Waals surface area contributed by atoms with Crippen molar-refractivity contribution in [1.29, 1.82) is 0 Å². The molecule has 1 atom stereocenters. The summed E-state index contributed by atoms with van der Waals surface area (Å²) < 4.78 is 13.3. The highest BCUT2D eigenvalue weighted by Gasteiger charge is 2.18. The van der Waals surface area contributed by atoms with Crippen molar-refractivity contribution in [1.82, 2.24) is 0 Å². The van der Waals surface area contributed by atoms with Crippen molar-refractivity contribution in [2.45, 2.75) is 31.7 Å². The molecule has 1 aromatic rings. The van der Waals surface area contributed by atoms with Crippen molar-refractivity contribution < 1.29 is 4.39 Å². The minimum absolute atomic E-state index is 0.158. The summed E-state index contributed by atoms with van der Waals surface area (Å²) in [5, 5.41) is 1.76. The van der Waals surface area contributed by atoms with E-state index in [1.54, 1.807) is 5.38 Å². The van der Waals surface area contributed by atoms with Gasteiger partial charge in [0.1, 0.15) is 5.82 Å². The van der Waals surface area contributed by atoms with Crippen LogP contribution in [-0.2, 0) is 0 Å². The number of halogens is 1. The predicted molar refractivity (Wildman–Crippen MR) is 57.8 cm³/mol. The van der Waals surface area contributed by atoms with Crippen LogP contribution in [0.3, 0.4) is 0 Å². The van der Waals surface area contributed by atoms with E-state index in [4.69, 9.17) is 5.73 Å². The van der Waals surface area contributed by atoms with Crippen molar-refractivity contribution in [2.75, 3.05) is 0 Å². The van der Waals surface area contributed by atoms with E-state index < -0.39 is 0 Å². The Balaban J connectivity index is 2.19. The smallest absolute Gasteiger partial charge is 0.139 e. The van der Waals surface area contributed by atoms with Crippen molar-refractivity contribution >= 4 is 11.3 Å². The van der Waals surface area contributed by atoms with Crippen LogP contribution in [0.5, 0.6) is 0 Å². The number of allylic oxidation sites excluding steroid dienone is 1. The lowest BCUT2D eigenvalue weighted by Gasteiger charge is -2.18. The molecule has 1 unspecified atom stereocenters. The van der Waals surface area contributed by atoms with Gasteiger partial charge in [0.05, 0.1) is 10.9 Å². The average molecular weight is 211 g/mol. The second kappa shape index (κ2) is 4.24. The summed E-state index contributed by atoms with van der Waals surface area (Å²) in [4.78, 5) is 0.679. The number of hydrogen-bond acceptors (Lipinski definition) is 2. The fraction of sp³-hybridized carbons (Fsp3) is 0.455. The lowest BCUT2D eigenvalue weighted by Crippen LogP contribution is -2.14. The van der Waals surface area contributed by atoms with E-state index in [9.17, 15) is 4.39 Å². The molecule has 2 N–H and O–H groups in total. The Morgan fingerprint density at radius 1 is 1.43 bits per heavy atom. The minimum atomic E-state index is -0.213. The van der Waals surface area contributed by atoms with Crippen LogP contribution in [0.15, 0.2) is 23.1 Å². The van der Waals surface area contributed by atoms with Crippen molar-refractivity contribution in [3.8, 4) is 0 Å². The maximum atomic E-state index is 13.3. The molecule has 2 rings (SSSR count). The van der Waals surface area contributed by atoms with E-state index in [1.165, 1.54) is 35.8 Å². The number of thiophene rings is 1. The predicted octanol–water partition coefficient (Wildman–Crippen LogP) is 3.39. The van der Waals surface area contributed by atoms with E-state index >= 15 is 0 Å². The summed E-state index contributed by atoms with van der Waals surface area (Å²) >= 11 is 1.41. The highest BCUT2D eigenvalue weighted by molar-refractivity contribution is 7.10. The first-order chi connectivity index (χ1) is 6.79. The summed E-state index contributed by atoms with van der Waals surface area (Å²) in [5.74, 6) is -0.158. The van der Waals surface area contributed by atoms with Gasteiger partial charge in [0.25, 0.3) is 0 Å². The lowest BCUT2D eigenvalue weighted by molar-refractivity contribution is 0.593. The maximum absolute atomic E-state index is 13.3. The third kappa shape index (κ3) is 1.88. The number of nitrogens with two attached hydrogens (primary N) is 1. The van der Waals surface area contributed by atoms with Crippen LogP contribution in [-0.4, -0.2) is 0 Å². The highest BCUT2D eigenvalue weighted by atomic mass is 32.1. The Labute approximate surface area is 87.4 Å². The Morgan fingerprint density at radius 2 is 2.29 bits per heavy atom. The van der Waals surface area contributed by atoms with Crippen LogP contribution in [0.4, 0.5) is 4.39 Å². The zero-order valence-corrected chi connectivity index (χ0v) is 8.82. The molecule has 0 spiro atoms. The molecule has 0 bridgehead atoms. The van der Waals surface area contributed by atoms with E-state index in [2.05, 4.69) is 6.08 Å². The van der Waals surface area contributed by atoms with Gasteiger partial charge in [-0.3, -0.25) is 0 Å². The summed E-state index contributed by atoms with van der Waals surface area (Å²) in [5.41, 5.74) is 7.22. The lowest BCUT2D eigenvalue weighted by atomic mass is 9.93. The van der Waals surface area contributed by atoms with Crippen LogP contribution in [0.1, 0.15) is 36.6 Å². The van der Waals surface area contributed by atoms with Gasteiger partial charge in [-0.05, 0) is 37.1 Å². The van der Waals surface area contributed by atoms with Crippen molar-refractivity contribution in [2.24, 2.45) is 5.73 Å². The maximum Gasteiger partial charge on any atom is 0.139 e. The monoisotopic (exact) mass is 211 g/mol. The topological polar surface area (TPSA) is 26.0 Å². The highest BCUT2D eigenvalue weighted by Crippen LogP contribution is 2.31. The second-order valence-corrected chi connectivity index (χ2v) is 4.58. The molecular weight excluding hydrogens is 197 g/mol. The van der Waals surface area contributed by atoms with E-state index in [0.717, 1.165) is 12.8 Å². The first-order valence-electron chi connectivity index (χ1n) is 4.96. The molecule has 1 aromatic heterocycles. The summed E-state index contributed by atoms with van der Waals surface area (Å²) in [6, 6.07) is 1.28. The quantitative estimate of drug-likeness (QED) is 0.745. The fourth-order valence-corrected chi connectivity index (χ4v) is 2.65. The van der Waals surface area contributed by atoms with Gasteiger partial charge in [0.15, 0.2) is 0 Å². The molecular formula is C11H14FNS. The molecule has 1 heterocycles. The van der Waals surface area contributed by atoms with E-state index in [1.807, 2.05) is 0 Å². The zero-order valence-electron chi connectivity index (χ0n) is 8.00. The first kappa shape index (κ1) is 9.87. The third-order valence-electron chi connectivity index (χ3n) is 2.65. The Kier molecular flexibility index (Phi) is 2.99. The fourth-order valence-electron chi connectivity index (χ4n) is 1.84. The summed E-state index contributed by atoms with van der Waals surface area (Å²) in [6.45, 7) is 0. The Morgan fingerprint density at radius 3 is 2.86 bits per heavy atom. The molecule has 1 aliphatic rings. The Hall–Kier alpha value is -0.670. The molecule has 14 heavy (non-hydrogen) atoms. The van der Waals surface area contributed by atoms with E-state index in [0.29, 0.717) is 4.88 Å². The van der Waals surface area contributed by atoms with Crippen molar-refractivity contribution in [3.05, 3.63) is 33.8 Å². The largest absolute Gasteiger partial charge is 0.320 e. The molecule has 3 heteroatoms. The van der Waals surface area contributed by atoms with Gasteiger partial charge >= 0.3 is 0 Å². The molecule has 76 valence electrons. The third-order valence-corrected chi connectivity index (χ3v) is 3.63. The van der Waals surface area contributed by atoms with Gasteiger partial charge in [-0.1, -0.05) is 11.6 Å². The number of rotatable bonds is 2. The molecule has 0 saturated heterocycles. The standard InChI is InChI=1S/C11H14FNS/c12-9-6-7-14-11(9)10(13)8-4-2-1-3-5-8/h4,6-7,10H,1-3,5,13H2. The Bertz CT molecular complexity index is 343. The van der Waals surface area contributed by atoms with Gasteiger partial charge in [-0.25, -0.2) is 4.39 Å². The molecule has 0 amide bonds. The molecule has 0 saturated carbocycles. The first-order valence-corrected chi connectivity index (χ1v) is 5.84. The summed E-state index contributed by atoms with van der Waals surface area (Å²) in [6.07, 6.45) is 6.72. The normalized spacial score (nSPS) is 19.1. The van der Waals surface area contributed by atoms with Gasteiger partial charge in [-0.2, -0.15) is 0 Å². The molecule has 1 nitrogen and oxygen atoms in total. The average Bonchev–Trinajstić information content (AvgIpc) is 2.65. The van der Waals surface area contributed by atoms with Crippen LogP contribution in [0.2, 0.25) is 0 Å². The van der Waals surface area contributed by atoms with Crippen LogP contribution in [0.25, 0.3) is 0 Å². The van der Waals surface area contributed by atoms with Crippen LogP contribution in [0, 0.1) is 5.82 Å². The SMILES string of the molecule is NC(C1=CCCCC1)c1sccc1F. The van der Waals surface area contributed by atoms with Crippen molar-refractivity contribution in [3.63, 3.8) is 0 Å². The molecule has 0 radical (unpaired) electrons. The van der Waals surface area contributed by atoms with E-state index in [-0.39, 0.29) is 11.9 Å². The van der Waals surface area contributed by atoms with Gasteiger partial charge in [0, 0.05) is 0 Å². The summed E-state index contributed by atoms with van der Waals surface area (Å²) in [7, 11) is 0. The van der Waals surface area contributed by atoms with Crippen LogP contribution >= 0.6 is 11.3 Å². The number of hydrogen-bond donors (Lipinski definition) is 1. The second-order valence-electron chi connectivity index (χ2n) is 3.64. The van der Waals surface area contributed by atoms with Gasteiger partial charge in [0.2, 0.25) is 0 Å². The molecule has 0 aromatic carbocycles. The van der Waals surface area contributed by atoms with Gasteiger partial charge in [-0.15, -0.1) is 11.3 Å². The minimum Gasteiger partial charge on any atom is -0.320 e. The molecule has 0 fully saturated rings. The van der Waals surface area contributed by atoms with Crippen LogP contribution < -0.4 is 5.73 Å². The van der Waals surface area contributed by atoms with Gasteiger partial charge < -0.3 is 5.73 Å².